The quantitative estimate of drug-likeness (QED) is 0.631. The van der Waals surface area contributed by atoms with E-state index in [4.69, 9.17) is 5.11 Å². The van der Waals surface area contributed by atoms with Gasteiger partial charge in [0.15, 0.2) is 0 Å². The predicted octanol–water partition coefficient (Wildman–Crippen LogP) is 0.318. The third-order valence-corrected chi connectivity index (χ3v) is 2.11. The SMILES string of the molecule is CCOC(=O)N[C@@](C=O)(CO)C(C)C. The Morgan fingerprint density at radius 1 is 1.64 bits per heavy atom. The van der Waals surface area contributed by atoms with Crippen LogP contribution < -0.4 is 5.32 Å². The number of nitrogens with one attached hydrogen (secondary N) is 1. The molecule has 5 nitrogen and oxygen atoms in total. The topological polar surface area (TPSA) is 75.6 Å². The van der Waals surface area contributed by atoms with Crippen molar-refractivity contribution in [1.29, 1.82) is 0 Å². The fourth-order valence-electron chi connectivity index (χ4n) is 0.926. The summed E-state index contributed by atoms with van der Waals surface area (Å²) in [6.07, 6.45) is -0.156. The number of aliphatic hydroxyl groups is 1. The molecule has 0 aliphatic carbocycles. The molecule has 0 aromatic carbocycles. The molecule has 2 N–H and O–H groups in total. The first kappa shape index (κ1) is 12.9. The normalized spacial score (nSPS) is 14.6. The molecule has 82 valence electrons. The van der Waals surface area contributed by atoms with Gasteiger partial charge in [0, 0.05) is 0 Å². The van der Waals surface area contributed by atoms with Crippen molar-refractivity contribution in [3.63, 3.8) is 0 Å². The maximum absolute atomic E-state index is 11.1. The van der Waals surface area contributed by atoms with Crippen LogP contribution in [0, 0.1) is 5.92 Å². The molecule has 1 atom stereocenters. The second kappa shape index (κ2) is 5.59. The molecule has 0 saturated heterocycles. The Hall–Kier alpha value is -1.10. The number of ether oxygens (including phenoxy) is 1. The first-order valence-corrected chi connectivity index (χ1v) is 4.54. The summed E-state index contributed by atoms with van der Waals surface area (Å²) >= 11 is 0. The van der Waals surface area contributed by atoms with E-state index in [0.29, 0.717) is 6.29 Å². The highest BCUT2D eigenvalue weighted by molar-refractivity contribution is 5.76. The molecule has 0 aliphatic rings. The summed E-state index contributed by atoms with van der Waals surface area (Å²) in [5.41, 5.74) is -1.24. The third kappa shape index (κ3) is 2.99. The summed E-state index contributed by atoms with van der Waals surface area (Å²) < 4.78 is 4.63. The van der Waals surface area contributed by atoms with E-state index in [1.165, 1.54) is 0 Å². The van der Waals surface area contributed by atoms with E-state index in [1.807, 2.05) is 0 Å². The molecule has 0 fully saturated rings. The van der Waals surface area contributed by atoms with Gasteiger partial charge in [-0.05, 0) is 12.8 Å². The highest BCUT2D eigenvalue weighted by Gasteiger charge is 2.35. The molecule has 0 saturated carbocycles. The second-order valence-corrected chi connectivity index (χ2v) is 3.32. The van der Waals surface area contributed by atoms with Gasteiger partial charge >= 0.3 is 6.09 Å². The van der Waals surface area contributed by atoms with E-state index in [2.05, 4.69) is 10.1 Å². The summed E-state index contributed by atoms with van der Waals surface area (Å²) in [7, 11) is 0. The molecule has 0 rings (SSSR count). The zero-order valence-electron chi connectivity index (χ0n) is 8.74. The number of hydrogen-bond acceptors (Lipinski definition) is 4. The number of rotatable bonds is 5. The van der Waals surface area contributed by atoms with Crippen LogP contribution in [0.1, 0.15) is 20.8 Å². The minimum atomic E-state index is -1.24. The van der Waals surface area contributed by atoms with Gasteiger partial charge in [0.05, 0.1) is 13.2 Å². The van der Waals surface area contributed by atoms with Crippen LogP contribution in [0.25, 0.3) is 0 Å². The Balaban J connectivity index is 4.50. The van der Waals surface area contributed by atoms with Gasteiger partial charge in [-0.1, -0.05) is 13.8 Å². The molecule has 1 amide bonds. The first-order valence-electron chi connectivity index (χ1n) is 4.54. The highest BCUT2D eigenvalue weighted by Crippen LogP contribution is 2.13. The van der Waals surface area contributed by atoms with Crippen molar-refractivity contribution >= 4 is 12.4 Å². The van der Waals surface area contributed by atoms with Crippen molar-refractivity contribution in [3.05, 3.63) is 0 Å². The molecule has 5 heteroatoms. The molecule has 0 aromatic rings. The minimum absolute atomic E-state index is 0.200. The lowest BCUT2D eigenvalue weighted by Gasteiger charge is -2.30. The Kier molecular flexibility index (Phi) is 5.15. The zero-order chi connectivity index (χ0) is 11.2. The van der Waals surface area contributed by atoms with Gasteiger partial charge in [0.25, 0.3) is 0 Å². The van der Waals surface area contributed by atoms with Gasteiger partial charge in [-0.25, -0.2) is 4.79 Å². The van der Waals surface area contributed by atoms with E-state index in [9.17, 15) is 9.59 Å². The standard InChI is InChI=1S/C9H17NO4/c1-4-14-8(13)10-9(5-11,6-12)7(2)3/h5,7,12H,4,6H2,1-3H3,(H,10,13)/t9-/m0/s1. The Morgan fingerprint density at radius 3 is 2.50 bits per heavy atom. The van der Waals surface area contributed by atoms with Crippen LogP contribution in [0.5, 0.6) is 0 Å². The summed E-state index contributed by atoms with van der Waals surface area (Å²) in [5.74, 6) is -0.200. The van der Waals surface area contributed by atoms with Crippen LogP contribution in [0.15, 0.2) is 0 Å². The number of carbonyl (C=O) groups excluding carboxylic acids is 2. The van der Waals surface area contributed by atoms with Crippen LogP contribution in [0.2, 0.25) is 0 Å². The molecule has 0 aromatic heterocycles. The van der Waals surface area contributed by atoms with E-state index in [-0.39, 0.29) is 12.5 Å². The zero-order valence-corrected chi connectivity index (χ0v) is 8.74. The Bertz CT molecular complexity index is 205. The summed E-state index contributed by atoms with van der Waals surface area (Å²) in [6.45, 7) is 4.92. The summed E-state index contributed by atoms with van der Waals surface area (Å²) in [5, 5.41) is 11.4. The molecule has 0 radical (unpaired) electrons. The molecule has 0 unspecified atom stereocenters. The maximum atomic E-state index is 11.1. The van der Waals surface area contributed by atoms with Crippen LogP contribution in [0.3, 0.4) is 0 Å². The van der Waals surface area contributed by atoms with Crippen LogP contribution in [-0.2, 0) is 9.53 Å². The highest BCUT2D eigenvalue weighted by atomic mass is 16.5. The number of aldehydes is 1. The monoisotopic (exact) mass is 203 g/mol. The van der Waals surface area contributed by atoms with Crippen molar-refractivity contribution in [2.75, 3.05) is 13.2 Å². The van der Waals surface area contributed by atoms with E-state index in [0.717, 1.165) is 0 Å². The average Bonchev–Trinajstić information content (AvgIpc) is 2.14. The van der Waals surface area contributed by atoms with E-state index >= 15 is 0 Å². The fraction of sp³-hybridized carbons (Fsp3) is 0.778. The van der Waals surface area contributed by atoms with Crippen molar-refractivity contribution < 1.29 is 19.4 Å². The molecular formula is C9H17NO4. The molecule has 0 heterocycles. The van der Waals surface area contributed by atoms with Crippen molar-refractivity contribution in [2.24, 2.45) is 5.92 Å². The van der Waals surface area contributed by atoms with Crippen LogP contribution in [-0.4, -0.2) is 36.2 Å². The average molecular weight is 203 g/mol. The lowest BCUT2D eigenvalue weighted by Crippen LogP contribution is -2.56. The van der Waals surface area contributed by atoms with Crippen molar-refractivity contribution in [2.45, 2.75) is 26.3 Å². The molecule has 0 spiro atoms. The van der Waals surface area contributed by atoms with E-state index in [1.54, 1.807) is 20.8 Å². The number of carbonyl (C=O) groups is 2. The van der Waals surface area contributed by atoms with Gasteiger partial charge in [0.1, 0.15) is 11.8 Å². The third-order valence-electron chi connectivity index (χ3n) is 2.11. The smallest absolute Gasteiger partial charge is 0.408 e. The number of alkyl carbamates (subject to hydrolysis) is 1. The minimum Gasteiger partial charge on any atom is -0.450 e. The lowest BCUT2D eigenvalue weighted by atomic mass is 9.89. The van der Waals surface area contributed by atoms with Crippen molar-refractivity contribution in [3.8, 4) is 0 Å². The predicted molar refractivity (Wildman–Crippen MR) is 50.9 cm³/mol. The van der Waals surface area contributed by atoms with Gasteiger partial charge in [0.2, 0.25) is 0 Å². The summed E-state index contributed by atoms with van der Waals surface area (Å²) in [4.78, 5) is 21.9. The maximum Gasteiger partial charge on any atom is 0.408 e. The fourth-order valence-corrected chi connectivity index (χ4v) is 0.926. The number of hydrogen-bond donors (Lipinski definition) is 2. The summed E-state index contributed by atoms with van der Waals surface area (Å²) in [6, 6.07) is 0. The number of aliphatic hydroxyl groups excluding tert-OH is 1. The first-order chi connectivity index (χ1) is 6.52. The van der Waals surface area contributed by atoms with Crippen molar-refractivity contribution in [1.82, 2.24) is 5.32 Å². The van der Waals surface area contributed by atoms with Gasteiger partial charge in [-0.2, -0.15) is 0 Å². The second-order valence-electron chi connectivity index (χ2n) is 3.32. The molecule has 0 bridgehead atoms. The van der Waals surface area contributed by atoms with Gasteiger partial charge in [-0.3, -0.25) is 0 Å². The largest absolute Gasteiger partial charge is 0.450 e. The molecular weight excluding hydrogens is 186 g/mol. The van der Waals surface area contributed by atoms with E-state index < -0.39 is 18.2 Å². The molecule has 0 aliphatic heterocycles. The van der Waals surface area contributed by atoms with Gasteiger partial charge < -0.3 is 20.0 Å². The Morgan fingerprint density at radius 2 is 2.21 bits per heavy atom. The van der Waals surface area contributed by atoms with Crippen LogP contribution in [0.4, 0.5) is 4.79 Å². The van der Waals surface area contributed by atoms with Gasteiger partial charge in [-0.15, -0.1) is 0 Å². The lowest BCUT2D eigenvalue weighted by molar-refractivity contribution is -0.116. The molecule has 14 heavy (non-hydrogen) atoms. The Labute approximate surface area is 83.4 Å². The number of amides is 1. The van der Waals surface area contributed by atoms with Crippen LogP contribution >= 0.6 is 0 Å².